The minimum Gasteiger partial charge on any atom is -0.462 e. The molecule has 1 saturated heterocycles. The largest absolute Gasteiger partial charge is 0.462 e. The van der Waals surface area contributed by atoms with E-state index in [1.807, 2.05) is 4.90 Å². The number of halogens is 2. The summed E-state index contributed by atoms with van der Waals surface area (Å²) in [4.78, 5) is 18.1. The van der Waals surface area contributed by atoms with Gasteiger partial charge in [0.05, 0.1) is 22.4 Å². The SMILES string of the molecule is CCOC(=O)c1ccc2nc(N3CCC(F)(F)CC3)sc2c1. The van der Waals surface area contributed by atoms with Gasteiger partial charge in [-0.2, -0.15) is 0 Å². The number of thiazole rings is 1. The Hall–Kier alpha value is -1.76. The fraction of sp³-hybridized carbons (Fsp3) is 0.467. The number of fused-ring (bicyclic) bond motifs is 1. The van der Waals surface area contributed by atoms with E-state index in [1.165, 1.54) is 11.3 Å². The first kappa shape index (κ1) is 15.1. The lowest BCUT2D eigenvalue weighted by molar-refractivity contribution is -0.0220. The fourth-order valence-electron chi connectivity index (χ4n) is 2.41. The van der Waals surface area contributed by atoms with Crippen molar-refractivity contribution >= 4 is 32.7 Å². The van der Waals surface area contributed by atoms with Crippen LogP contribution in [0.3, 0.4) is 0 Å². The van der Waals surface area contributed by atoms with Crippen LogP contribution in [0.1, 0.15) is 30.1 Å². The molecule has 2 aromatic rings. The highest BCUT2D eigenvalue weighted by atomic mass is 32.1. The molecule has 1 aliphatic rings. The molecule has 0 saturated carbocycles. The first-order valence-corrected chi connectivity index (χ1v) is 8.01. The number of alkyl halides is 2. The Morgan fingerprint density at radius 1 is 1.41 bits per heavy atom. The van der Waals surface area contributed by atoms with Crippen molar-refractivity contribution in [1.29, 1.82) is 0 Å². The highest BCUT2D eigenvalue weighted by molar-refractivity contribution is 7.22. The first-order chi connectivity index (χ1) is 10.5. The van der Waals surface area contributed by atoms with Gasteiger partial charge in [-0.05, 0) is 25.1 Å². The zero-order chi connectivity index (χ0) is 15.7. The number of ether oxygens (including phenoxy) is 1. The van der Waals surface area contributed by atoms with Gasteiger partial charge in [-0.1, -0.05) is 11.3 Å². The Balaban J connectivity index is 1.83. The molecule has 7 heteroatoms. The maximum atomic E-state index is 13.2. The zero-order valence-electron chi connectivity index (χ0n) is 12.1. The first-order valence-electron chi connectivity index (χ1n) is 7.19. The predicted molar refractivity (Wildman–Crippen MR) is 82.0 cm³/mol. The van der Waals surface area contributed by atoms with E-state index in [-0.39, 0.29) is 18.8 Å². The van der Waals surface area contributed by atoms with E-state index in [0.717, 1.165) is 15.3 Å². The van der Waals surface area contributed by atoms with E-state index in [2.05, 4.69) is 4.98 Å². The molecule has 118 valence electrons. The summed E-state index contributed by atoms with van der Waals surface area (Å²) in [5, 5.41) is 0.728. The highest BCUT2D eigenvalue weighted by Gasteiger charge is 2.34. The molecule has 0 unspecified atom stereocenters. The zero-order valence-corrected chi connectivity index (χ0v) is 13.0. The summed E-state index contributed by atoms with van der Waals surface area (Å²) < 4.78 is 32.3. The summed E-state index contributed by atoms with van der Waals surface area (Å²) in [5.74, 6) is -2.93. The Bertz CT molecular complexity index is 692. The van der Waals surface area contributed by atoms with Gasteiger partial charge in [0.2, 0.25) is 0 Å². The number of esters is 1. The highest BCUT2D eigenvalue weighted by Crippen LogP contribution is 2.34. The lowest BCUT2D eigenvalue weighted by Gasteiger charge is -2.31. The second-order valence-corrected chi connectivity index (χ2v) is 6.25. The van der Waals surface area contributed by atoms with E-state index in [4.69, 9.17) is 4.74 Å². The van der Waals surface area contributed by atoms with Gasteiger partial charge in [-0.3, -0.25) is 0 Å². The van der Waals surface area contributed by atoms with Crippen LogP contribution in [0.2, 0.25) is 0 Å². The summed E-state index contributed by atoms with van der Waals surface area (Å²) in [7, 11) is 0. The van der Waals surface area contributed by atoms with Crippen molar-refractivity contribution in [3.63, 3.8) is 0 Å². The lowest BCUT2D eigenvalue weighted by atomic mass is 10.1. The summed E-state index contributed by atoms with van der Waals surface area (Å²) in [5.41, 5.74) is 1.25. The van der Waals surface area contributed by atoms with Gasteiger partial charge in [0, 0.05) is 25.9 Å². The monoisotopic (exact) mass is 326 g/mol. The van der Waals surface area contributed by atoms with Crippen LogP contribution in [0.15, 0.2) is 18.2 Å². The van der Waals surface area contributed by atoms with Crippen molar-refractivity contribution in [3.05, 3.63) is 23.8 Å². The molecule has 0 bridgehead atoms. The average Bonchev–Trinajstić information content (AvgIpc) is 2.90. The number of carbonyl (C=O) groups excluding carboxylic acids is 1. The van der Waals surface area contributed by atoms with Crippen LogP contribution in [-0.4, -0.2) is 36.6 Å². The molecule has 0 aliphatic carbocycles. The molecule has 1 aromatic carbocycles. The summed E-state index contributed by atoms with van der Waals surface area (Å²) in [6, 6.07) is 5.18. The Morgan fingerprint density at radius 3 is 2.82 bits per heavy atom. The minimum atomic E-state index is -2.57. The molecule has 0 radical (unpaired) electrons. The van der Waals surface area contributed by atoms with Gasteiger partial charge in [-0.15, -0.1) is 0 Å². The Kier molecular flexibility index (Phi) is 3.99. The van der Waals surface area contributed by atoms with Gasteiger partial charge < -0.3 is 9.64 Å². The molecular formula is C15H16F2N2O2S. The van der Waals surface area contributed by atoms with E-state index in [1.54, 1.807) is 25.1 Å². The molecule has 1 fully saturated rings. The number of benzene rings is 1. The lowest BCUT2D eigenvalue weighted by Crippen LogP contribution is -2.39. The minimum absolute atomic E-state index is 0.142. The molecule has 0 N–H and O–H groups in total. The predicted octanol–water partition coefficient (Wildman–Crippen LogP) is 3.71. The molecule has 1 aliphatic heterocycles. The van der Waals surface area contributed by atoms with Crippen molar-refractivity contribution in [1.82, 2.24) is 4.98 Å². The van der Waals surface area contributed by atoms with Gasteiger partial charge >= 0.3 is 5.97 Å². The number of carbonyl (C=O) groups is 1. The normalized spacial score (nSPS) is 17.7. The third-order valence-electron chi connectivity index (χ3n) is 3.65. The molecule has 22 heavy (non-hydrogen) atoms. The van der Waals surface area contributed by atoms with E-state index < -0.39 is 5.92 Å². The quantitative estimate of drug-likeness (QED) is 0.807. The van der Waals surface area contributed by atoms with E-state index in [9.17, 15) is 13.6 Å². The van der Waals surface area contributed by atoms with Crippen LogP contribution in [0, 0.1) is 0 Å². The molecule has 0 atom stereocenters. The second-order valence-electron chi connectivity index (χ2n) is 5.24. The fourth-order valence-corrected chi connectivity index (χ4v) is 3.47. The maximum absolute atomic E-state index is 13.2. The Morgan fingerprint density at radius 2 is 2.14 bits per heavy atom. The molecule has 0 amide bonds. The molecule has 1 aromatic heterocycles. The van der Waals surface area contributed by atoms with Crippen molar-refractivity contribution in [2.75, 3.05) is 24.6 Å². The number of aromatic nitrogens is 1. The van der Waals surface area contributed by atoms with Gasteiger partial charge in [0.1, 0.15) is 0 Å². The van der Waals surface area contributed by atoms with Crippen molar-refractivity contribution in [3.8, 4) is 0 Å². The second kappa shape index (κ2) is 5.79. The summed E-state index contributed by atoms with van der Waals surface area (Å²) in [6.45, 7) is 2.69. The summed E-state index contributed by atoms with van der Waals surface area (Å²) in [6.07, 6.45) is -0.284. The molecule has 0 spiro atoms. The van der Waals surface area contributed by atoms with Crippen LogP contribution in [0.25, 0.3) is 10.2 Å². The number of rotatable bonds is 3. The summed E-state index contributed by atoms with van der Waals surface area (Å²) >= 11 is 1.42. The van der Waals surface area contributed by atoms with E-state index in [0.29, 0.717) is 25.3 Å². The van der Waals surface area contributed by atoms with Gasteiger partial charge in [0.25, 0.3) is 5.92 Å². The van der Waals surface area contributed by atoms with Crippen molar-refractivity contribution < 1.29 is 18.3 Å². The molecular weight excluding hydrogens is 310 g/mol. The average molecular weight is 326 g/mol. The van der Waals surface area contributed by atoms with Gasteiger partial charge in [-0.25, -0.2) is 18.6 Å². The number of anilines is 1. The number of piperidine rings is 1. The smallest absolute Gasteiger partial charge is 0.338 e. The van der Waals surface area contributed by atoms with E-state index >= 15 is 0 Å². The molecule has 4 nitrogen and oxygen atoms in total. The topological polar surface area (TPSA) is 42.4 Å². The molecule has 2 heterocycles. The molecule has 3 rings (SSSR count). The van der Waals surface area contributed by atoms with Crippen LogP contribution >= 0.6 is 11.3 Å². The standard InChI is InChI=1S/C15H16F2N2O2S/c1-2-21-13(20)10-3-4-11-12(9-10)22-14(18-11)19-7-5-15(16,17)6-8-19/h3-4,9H,2,5-8H2,1H3. The number of hydrogen-bond donors (Lipinski definition) is 0. The van der Waals surface area contributed by atoms with Crippen LogP contribution in [-0.2, 0) is 4.74 Å². The van der Waals surface area contributed by atoms with Crippen LogP contribution in [0.4, 0.5) is 13.9 Å². The van der Waals surface area contributed by atoms with Crippen LogP contribution in [0.5, 0.6) is 0 Å². The van der Waals surface area contributed by atoms with Crippen molar-refractivity contribution in [2.24, 2.45) is 0 Å². The van der Waals surface area contributed by atoms with Crippen molar-refractivity contribution in [2.45, 2.75) is 25.7 Å². The third-order valence-corrected chi connectivity index (χ3v) is 4.73. The van der Waals surface area contributed by atoms with Crippen LogP contribution < -0.4 is 4.90 Å². The Labute approximate surface area is 130 Å². The maximum Gasteiger partial charge on any atom is 0.338 e. The number of hydrogen-bond acceptors (Lipinski definition) is 5. The third kappa shape index (κ3) is 3.04. The van der Waals surface area contributed by atoms with Gasteiger partial charge in [0.15, 0.2) is 5.13 Å². The number of nitrogens with zero attached hydrogens (tertiary/aromatic N) is 2.